The van der Waals surface area contributed by atoms with E-state index >= 15 is 0 Å². The van der Waals surface area contributed by atoms with Crippen molar-refractivity contribution in [2.75, 3.05) is 10.6 Å². The van der Waals surface area contributed by atoms with E-state index in [4.69, 9.17) is 0 Å². The number of halogens is 1. The number of hydrogen-bond acceptors (Lipinski definition) is 7. The van der Waals surface area contributed by atoms with Crippen molar-refractivity contribution in [1.29, 1.82) is 0 Å². The first-order chi connectivity index (χ1) is 14.6. The average Bonchev–Trinajstić information content (AvgIpc) is 3.18. The molecule has 9 nitrogen and oxygen atoms in total. The van der Waals surface area contributed by atoms with E-state index in [0.717, 1.165) is 11.3 Å². The Morgan fingerprint density at radius 1 is 1.06 bits per heavy atom. The Balaban J connectivity index is 1.70. The van der Waals surface area contributed by atoms with Crippen LogP contribution in [-0.4, -0.2) is 30.4 Å². The second kappa shape index (κ2) is 9.29. The Labute approximate surface area is 181 Å². The normalized spacial score (nSPS) is 11.2. The van der Waals surface area contributed by atoms with E-state index in [1.54, 1.807) is 13.0 Å². The number of benzene rings is 2. The molecule has 1 aromatic heterocycles. The molecule has 3 aromatic rings. The largest absolute Gasteiger partial charge is 0.325 e. The third-order valence-electron chi connectivity index (χ3n) is 3.91. The molecule has 2 amide bonds. The Hall–Kier alpha value is -3.22. The van der Waals surface area contributed by atoms with Gasteiger partial charge >= 0.3 is 0 Å². The first kappa shape index (κ1) is 22.5. The quantitative estimate of drug-likeness (QED) is 0.494. The molecule has 0 saturated heterocycles. The molecular weight excluding hydrogens is 445 g/mol. The lowest BCUT2D eigenvalue weighted by atomic mass is 10.2. The monoisotopic (exact) mass is 463 g/mol. The lowest BCUT2D eigenvalue weighted by Gasteiger charge is -2.12. The number of sulfonamides is 1. The molecule has 3 rings (SSSR count). The predicted octanol–water partition coefficient (Wildman–Crippen LogP) is 2.67. The third-order valence-corrected chi connectivity index (χ3v) is 6.28. The van der Waals surface area contributed by atoms with Crippen LogP contribution in [0.1, 0.15) is 27.3 Å². The van der Waals surface area contributed by atoms with Gasteiger partial charge in [-0.2, -0.15) is 0 Å². The number of nitrogens with one attached hydrogen (secondary N) is 3. The van der Waals surface area contributed by atoms with E-state index in [1.807, 2.05) is 0 Å². The van der Waals surface area contributed by atoms with Crippen LogP contribution in [-0.2, 0) is 21.4 Å². The summed E-state index contributed by atoms with van der Waals surface area (Å²) in [6.45, 7) is 2.81. The van der Waals surface area contributed by atoms with Crippen LogP contribution in [0.15, 0.2) is 47.4 Å². The highest BCUT2D eigenvalue weighted by atomic mass is 32.2. The first-order valence-corrected chi connectivity index (χ1v) is 11.2. The first-order valence-electron chi connectivity index (χ1n) is 8.91. The molecule has 3 N–H and O–H groups in total. The molecule has 0 atom stereocenters. The minimum atomic E-state index is -3.98. The van der Waals surface area contributed by atoms with Crippen LogP contribution in [0.3, 0.4) is 0 Å². The number of carbonyl (C=O) groups excluding carboxylic acids is 2. The molecule has 0 spiro atoms. The standard InChI is InChI=1S/C19H18FN5O4S2/c1-11-3-8-15(22-12(2)26)16(9-11)31(28,29)21-10-17-24-25-19(30-17)18(27)23-14-6-4-13(20)5-7-14/h3-9,21H,10H2,1-2H3,(H,22,26)(H,23,27). The van der Waals surface area contributed by atoms with Gasteiger partial charge in [-0.3, -0.25) is 9.59 Å². The van der Waals surface area contributed by atoms with Crippen LogP contribution < -0.4 is 15.4 Å². The van der Waals surface area contributed by atoms with Crippen LogP contribution in [0.2, 0.25) is 0 Å². The molecule has 0 radical (unpaired) electrons. The van der Waals surface area contributed by atoms with Gasteiger partial charge in [-0.15, -0.1) is 10.2 Å². The van der Waals surface area contributed by atoms with E-state index in [9.17, 15) is 22.4 Å². The van der Waals surface area contributed by atoms with Crippen molar-refractivity contribution < 1.29 is 22.4 Å². The summed E-state index contributed by atoms with van der Waals surface area (Å²) in [4.78, 5) is 23.5. The Morgan fingerprint density at radius 3 is 2.45 bits per heavy atom. The van der Waals surface area contributed by atoms with Crippen LogP contribution >= 0.6 is 11.3 Å². The number of aryl methyl sites for hydroxylation is 1. The fourth-order valence-corrected chi connectivity index (χ4v) is 4.51. The number of anilines is 2. The topological polar surface area (TPSA) is 130 Å². The summed E-state index contributed by atoms with van der Waals surface area (Å²) in [6.07, 6.45) is 0. The fourth-order valence-electron chi connectivity index (χ4n) is 2.51. The van der Waals surface area contributed by atoms with Gasteiger partial charge in [0.15, 0.2) is 0 Å². The minimum absolute atomic E-state index is 0.0213. The van der Waals surface area contributed by atoms with Crippen molar-refractivity contribution >= 4 is 44.5 Å². The van der Waals surface area contributed by atoms with Gasteiger partial charge < -0.3 is 10.6 Å². The van der Waals surface area contributed by atoms with E-state index < -0.39 is 27.7 Å². The number of hydrogen-bond donors (Lipinski definition) is 3. The highest BCUT2D eigenvalue weighted by Crippen LogP contribution is 2.23. The van der Waals surface area contributed by atoms with Gasteiger partial charge in [-0.25, -0.2) is 17.5 Å². The smallest absolute Gasteiger partial charge is 0.286 e. The molecule has 2 aromatic carbocycles. The summed E-state index contributed by atoms with van der Waals surface area (Å²) in [5, 5.41) is 12.9. The molecule has 0 bridgehead atoms. The van der Waals surface area contributed by atoms with Gasteiger partial charge in [0.25, 0.3) is 5.91 Å². The van der Waals surface area contributed by atoms with Crippen molar-refractivity contribution in [2.24, 2.45) is 0 Å². The van der Waals surface area contributed by atoms with Crippen LogP contribution in [0.25, 0.3) is 0 Å². The fraction of sp³-hybridized carbons (Fsp3) is 0.158. The molecule has 31 heavy (non-hydrogen) atoms. The maximum Gasteiger partial charge on any atom is 0.286 e. The molecule has 0 aliphatic carbocycles. The molecule has 0 aliphatic rings. The zero-order valence-electron chi connectivity index (χ0n) is 16.5. The SMILES string of the molecule is CC(=O)Nc1ccc(C)cc1S(=O)(=O)NCc1nnc(C(=O)Nc2ccc(F)cc2)s1. The summed E-state index contributed by atoms with van der Waals surface area (Å²) in [6, 6.07) is 9.84. The summed E-state index contributed by atoms with van der Waals surface area (Å²) >= 11 is 0.912. The Bertz CT molecular complexity index is 1230. The van der Waals surface area contributed by atoms with Crippen molar-refractivity contribution in [3.05, 3.63) is 63.9 Å². The van der Waals surface area contributed by atoms with Crippen molar-refractivity contribution in [1.82, 2.24) is 14.9 Å². The molecule has 1 heterocycles. The number of amides is 2. The lowest BCUT2D eigenvalue weighted by molar-refractivity contribution is -0.114. The highest BCUT2D eigenvalue weighted by Gasteiger charge is 2.21. The Kier molecular flexibility index (Phi) is 6.73. The van der Waals surface area contributed by atoms with Crippen molar-refractivity contribution in [3.63, 3.8) is 0 Å². The van der Waals surface area contributed by atoms with E-state index in [-0.39, 0.29) is 27.1 Å². The molecule has 0 aliphatic heterocycles. The predicted molar refractivity (Wildman–Crippen MR) is 114 cm³/mol. The molecule has 0 fully saturated rings. The Morgan fingerprint density at radius 2 is 1.77 bits per heavy atom. The van der Waals surface area contributed by atoms with Gasteiger partial charge in [0.1, 0.15) is 15.7 Å². The van der Waals surface area contributed by atoms with Crippen LogP contribution in [0, 0.1) is 12.7 Å². The van der Waals surface area contributed by atoms with Gasteiger partial charge in [0.2, 0.25) is 20.9 Å². The number of carbonyl (C=O) groups is 2. The summed E-state index contributed by atoms with van der Waals surface area (Å²) in [7, 11) is -3.98. The summed E-state index contributed by atoms with van der Waals surface area (Å²) in [5.74, 6) is -1.38. The van der Waals surface area contributed by atoms with Gasteiger partial charge in [-0.1, -0.05) is 17.4 Å². The molecule has 162 valence electrons. The van der Waals surface area contributed by atoms with E-state index in [2.05, 4.69) is 25.6 Å². The number of rotatable bonds is 7. The van der Waals surface area contributed by atoms with E-state index in [0.29, 0.717) is 11.3 Å². The van der Waals surface area contributed by atoms with Gasteiger partial charge in [0.05, 0.1) is 12.2 Å². The molecule has 0 unspecified atom stereocenters. The number of nitrogens with zero attached hydrogens (tertiary/aromatic N) is 2. The molecule has 12 heteroatoms. The maximum absolute atomic E-state index is 13.0. The number of aromatic nitrogens is 2. The van der Waals surface area contributed by atoms with Crippen molar-refractivity contribution in [3.8, 4) is 0 Å². The molecular formula is C19H18FN5O4S2. The lowest BCUT2D eigenvalue weighted by Crippen LogP contribution is -2.25. The van der Waals surface area contributed by atoms with Gasteiger partial charge in [0, 0.05) is 12.6 Å². The zero-order chi connectivity index (χ0) is 22.6. The highest BCUT2D eigenvalue weighted by molar-refractivity contribution is 7.89. The third kappa shape index (κ3) is 5.90. The van der Waals surface area contributed by atoms with Crippen LogP contribution in [0.4, 0.5) is 15.8 Å². The zero-order valence-corrected chi connectivity index (χ0v) is 18.1. The van der Waals surface area contributed by atoms with Crippen LogP contribution in [0.5, 0.6) is 0 Å². The summed E-state index contributed by atoms with van der Waals surface area (Å²) in [5.41, 5.74) is 1.24. The average molecular weight is 464 g/mol. The van der Waals surface area contributed by atoms with E-state index in [1.165, 1.54) is 43.3 Å². The van der Waals surface area contributed by atoms with Crippen molar-refractivity contribution in [2.45, 2.75) is 25.3 Å². The molecule has 0 saturated carbocycles. The second-order valence-corrected chi connectivity index (χ2v) is 9.26. The second-order valence-electron chi connectivity index (χ2n) is 6.47. The minimum Gasteiger partial charge on any atom is -0.325 e. The van der Waals surface area contributed by atoms with Gasteiger partial charge in [-0.05, 0) is 48.9 Å². The maximum atomic E-state index is 13.0. The summed E-state index contributed by atoms with van der Waals surface area (Å²) < 4.78 is 40.9.